The molecule has 1 heterocycles. The lowest BCUT2D eigenvalue weighted by molar-refractivity contribution is -0.138. The number of carboxylic acid groups (broad SMARTS) is 1. The smallest absolute Gasteiger partial charge is 0.320 e. The molecule has 0 aliphatic heterocycles. The van der Waals surface area contributed by atoms with E-state index in [1.807, 2.05) is 12.1 Å². The number of nitrogens with two attached hydrogens (primary N) is 1. The number of ether oxygens (including phenoxy) is 1. The van der Waals surface area contributed by atoms with Crippen LogP contribution >= 0.6 is 0 Å². The fourth-order valence-corrected chi connectivity index (χ4v) is 1.87. The molecule has 0 saturated carbocycles. The maximum absolute atomic E-state index is 10.8. The van der Waals surface area contributed by atoms with Gasteiger partial charge in [0, 0.05) is 11.6 Å². The number of aliphatic carboxylic acids is 1. The molecule has 2 aromatic rings. The predicted octanol–water partition coefficient (Wildman–Crippen LogP) is 1.20. The van der Waals surface area contributed by atoms with E-state index in [0.717, 1.165) is 16.5 Å². The highest BCUT2D eigenvalue weighted by Crippen LogP contribution is 2.26. The summed E-state index contributed by atoms with van der Waals surface area (Å²) in [6, 6.07) is 6.37. The van der Waals surface area contributed by atoms with E-state index in [1.165, 1.54) is 0 Å². The number of fused-ring (bicyclic) bond motifs is 1. The summed E-state index contributed by atoms with van der Waals surface area (Å²) in [6.45, 7) is 0. The SMILES string of the molecule is COc1ccc(CC(N)C(=O)O)c2cccnc12. The number of aromatic nitrogens is 1. The maximum atomic E-state index is 10.8. The standard InChI is InChI=1S/C13H14N2O3/c1-18-11-5-4-8(7-10(14)13(16)17)9-3-2-6-15-12(9)11/h2-6,10H,7,14H2,1H3,(H,16,17). The molecule has 0 aliphatic carbocycles. The lowest BCUT2D eigenvalue weighted by Crippen LogP contribution is -2.32. The van der Waals surface area contributed by atoms with Crippen LogP contribution in [0, 0.1) is 0 Å². The van der Waals surface area contributed by atoms with Gasteiger partial charge in [0.05, 0.1) is 7.11 Å². The fourth-order valence-electron chi connectivity index (χ4n) is 1.87. The third kappa shape index (κ3) is 2.26. The molecule has 1 aromatic carbocycles. The average molecular weight is 246 g/mol. The zero-order valence-electron chi connectivity index (χ0n) is 9.96. The molecule has 0 fully saturated rings. The van der Waals surface area contributed by atoms with E-state index in [9.17, 15) is 4.79 Å². The van der Waals surface area contributed by atoms with Gasteiger partial charge < -0.3 is 15.6 Å². The first kappa shape index (κ1) is 12.3. The van der Waals surface area contributed by atoms with Crippen LogP contribution < -0.4 is 10.5 Å². The lowest BCUT2D eigenvalue weighted by atomic mass is 10.0. The van der Waals surface area contributed by atoms with Crippen molar-refractivity contribution in [1.82, 2.24) is 4.98 Å². The van der Waals surface area contributed by atoms with Crippen LogP contribution in [0.3, 0.4) is 0 Å². The quantitative estimate of drug-likeness (QED) is 0.846. The highest BCUT2D eigenvalue weighted by atomic mass is 16.5. The van der Waals surface area contributed by atoms with Gasteiger partial charge in [-0.15, -0.1) is 0 Å². The number of rotatable bonds is 4. The Hall–Kier alpha value is -2.14. The van der Waals surface area contributed by atoms with Crippen molar-refractivity contribution in [1.29, 1.82) is 0 Å². The molecule has 0 radical (unpaired) electrons. The molecule has 1 aromatic heterocycles. The number of carboxylic acids is 1. The Balaban J connectivity index is 2.49. The average Bonchev–Trinajstić information content (AvgIpc) is 2.39. The van der Waals surface area contributed by atoms with E-state index >= 15 is 0 Å². The summed E-state index contributed by atoms with van der Waals surface area (Å²) in [7, 11) is 1.58. The van der Waals surface area contributed by atoms with Crippen LogP contribution in [0.5, 0.6) is 5.75 Å². The van der Waals surface area contributed by atoms with E-state index in [1.54, 1.807) is 25.4 Å². The normalized spacial score (nSPS) is 12.3. The number of hydrogen-bond acceptors (Lipinski definition) is 4. The van der Waals surface area contributed by atoms with Gasteiger partial charge in [0.1, 0.15) is 17.3 Å². The summed E-state index contributed by atoms with van der Waals surface area (Å²) in [5.74, 6) is -0.346. The predicted molar refractivity (Wildman–Crippen MR) is 67.6 cm³/mol. The maximum Gasteiger partial charge on any atom is 0.320 e. The second-order valence-electron chi connectivity index (χ2n) is 3.98. The van der Waals surface area contributed by atoms with Crippen molar-refractivity contribution in [2.24, 2.45) is 5.73 Å². The van der Waals surface area contributed by atoms with Gasteiger partial charge in [-0.05, 0) is 24.1 Å². The van der Waals surface area contributed by atoms with Crippen molar-refractivity contribution in [3.8, 4) is 5.75 Å². The van der Waals surface area contributed by atoms with Crippen molar-refractivity contribution in [2.45, 2.75) is 12.5 Å². The lowest BCUT2D eigenvalue weighted by Gasteiger charge is -2.11. The Labute approximate surface area is 104 Å². The third-order valence-corrected chi connectivity index (χ3v) is 2.80. The summed E-state index contributed by atoms with van der Waals surface area (Å²) < 4.78 is 5.22. The van der Waals surface area contributed by atoms with Crippen molar-refractivity contribution in [3.05, 3.63) is 36.0 Å². The Morgan fingerprint density at radius 2 is 2.28 bits per heavy atom. The van der Waals surface area contributed by atoms with Crippen LogP contribution in [0.25, 0.3) is 10.9 Å². The number of nitrogens with zero attached hydrogens (tertiary/aromatic N) is 1. The van der Waals surface area contributed by atoms with Gasteiger partial charge in [-0.25, -0.2) is 0 Å². The largest absolute Gasteiger partial charge is 0.494 e. The summed E-state index contributed by atoms with van der Waals surface area (Å²) in [5, 5.41) is 9.72. The molecule has 18 heavy (non-hydrogen) atoms. The first-order chi connectivity index (χ1) is 8.63. The Morgan fingerprint density at radius 3 is 2.94 bits per heavy atom. The number of hydrogen-bond donors (Lipinski definition) is 2. The van der Waals surface area contributed by atoms with Crippen LogP contribution in [0.1, 0.15) is 5.56 Å². The zero-order chi connectivity index (χ0) is 13.1. The molecule has 0 amide bonds. The van der Waals surface area contributed by atoms with Crippen LogP contribution in [0.15, 0.2) is 30.5 Å². The summed E-state index contributed by atoms with van der Waals surface area (Å²) in [6.07, 6.45) is 1.94. The molecule has 0 bridgehead atoms. The van der Waals surface area contributed by atoms with E-state index in [2.05, 4.69) is 4.98 Å². The Bertz CT molecular complexity index is 583. The Kier molecular flexibility index (Phi) is 3.43. The zero-order valence-corrected chi connectivity index (χ0v) is 9.96. The van der Waals surface area contributed by atoms with Gasteiger partial charge in [0.15, 0.2) is 0 Å². The first-order valence-corrected chi connectivity index (χ1v) is 5.52. The number of methoxy groups -OCH3 is 1. The molecular weight excluding hydrogens is 232 g/mol. The molecule has 1 atom stereocenters. The molecular formula is C13H14N2O3. The Morgan fingerprint density at radius 1 is 1.50 bits per heavy atom. The van der Waals surface area contributed by atoms with Crippen LogP contribution in [-0.2, 0) is 11.2 Å². The van der Waals surface area contributed by atoms with Crippen molar-refractivity contribution < 1.29 is 14.6 Å². The van der Waals surface area contributed by atoms with Crippen LogP contribution in [-0.4, -0.2) is 29.2 Å². The summed E-state index contributed by atoms with van der Waals surface area (Å²) >= 11 is 0. The minimum atomic E-state index is -1.01. The highest BCUT2D eigenvalue weighted by molar-refractivity contribution is 5.88. The van der Waals surface area contributed by atoms with E-state index in [0.29, 0.717) is 5.75 Å². The van der Waals surface area contributed by atoms with E-state index in [4.69, 9.17) is 15.6 Å². The monoisotopic (exact) mass is 246 g/mol. The fraction of sp³-hybridized carbons (Fsp3) is 0.231. The van der Waals surface area contributed by atoms with Crippen molar-refractivity contribution in [3.63, 3.8) is 0 Å². The van der Waals surface area contributed by atoms with E-state index < -0.39 is 12.0 Å². The minimum absolute atomic E-state index is 0.265. The van der Waals surface area contributed by atoms with E-state index in [-0.39, 0.29) is 6.42 Å². The molecule has 3 N–H and O–H groups in total. The van der Waals surface area contributed by atoms with Gasteiger partial charge >= 0.3 is 5.97 Å². The molecule has 94 valence electrons. The topological polar surface area (TPSA) is 85.4 Å². The molecule has 1 unspecified atom stereocenters. The van der Waals surface area contributed by atoms with Gasteiger partial charge in [-0.1, -0.05) is 12.1 Å². The van der Waals surface area contributed by atoms with Crippen molar-refractivity contribution >= 4 is 16.9 Å². The number of pyridine rings is 1. The van der Waals surface area contributed by atoms with Crippen LogP contribution in [0.2, 0.25) is 0 Å². The second-order valence-corrected chi connectivity index (χ2v) is 3.98. The first-order valence-electron chi connectivity index (χ1n) is 5.52. The molecule has 0 aliphatic rings. The molecule has 0 spiro atoms. The second kappa shape index (κ2) is 5.01. The van der Waals surface area contributed by atoms with Gasteiger partial charge in [-0.2, -0.15) is 0 Å². The van der Waals surface area contributed by atoms with Gasteiger partial charge in [0.25, 0.3) is 0 Å². The molecule has 5 heteroatoms. The minimum Gasteiger partial charge on any atom is -0.494 e. The van der Waals surface area contributed by atoms with Crippen molar-refractivity contribution in [2.75, 3.05) is 7.11 Å². The molecule has 2 rings (SSSR count). The number of benzene rings is 1. The van der Waals surface area contributed by atoms with Gasteiger partial charge in [0.2, 0.25) is 0 Å². The van der Waals surface area contributed by atoms with Gasteiger partial charge in [-0.3, -0.25) is 9.78 Å². The number of carbonyl (C=O) groups is 1. The highest BCUT2D eigenvalue weighted by Gasteiger charge is 2.15. The summed E-state index contributed by atoms with van der Waals surface area (Å²) in [4.78, 5) is 15.0. The third-order valence-electron chi connectivity index (χ3n) is 2.80. The summed E-state index contributed by atoms with van der Waals surface area (Å²) in [5.41, 5.74) is 7.13. The van der Waals surface area contributed by atoms with Crippen LogP contribution in [0.4, 0.5) is 0 Å². The molecule has 0 saturated heterocycles. The molecule has 5 nitrogen and oxygen atoms in total.